The van der Waals surface area contributed by atoms with E-state index in [1.807, 2.05) is 67.5 Å². The quantitative estimate of drug-likeness (QED) is 0.293. The highest BCUT2D eigenvalue weighted by molar-refractivity contribution is 6.30. The number of benzene rings is 4. The van der Waals surface area contributed by atoms with Gasteiger partial charge in [-0.1, -0.05) is 54.1 Å². The van der Waals surface area contributed by atoms with Crippen LogP contribution in [0.5, 0.6) is 5.75 Å². The fraction of sp³-hybridized carbons (Fsp3) is 0.241. The van der Waals surface area contributed by atoms with Crippen LogP contribution in [0.2, 0.25) is 5.02 Å². The molecule has 0 saturated carbocycles. The maximum absolute atomic E-state index is 15.3. The number of aliphatic hydroxyl groups is 1. The highest BCUT2D eigenvalue weighted by atomic mass is 35.5. The van der Waals surface area contributed by atoms with Crippen LogP contribution in [0.25, 0.3) is 10.8 Å². The number of halogens is 3. The first kappa shape index (κ1) is 25.1. The summed E-state index contributed by atoms with van der Waals surface area (Å²) in [5.41, 5.74) is -0.284. The highest BCUT2D eigenvalue weighted by Crippen LogP contribution is 2.48. The molecule has 0 aliphatic rings. The molecule has 0 aliphatic carbocycles. The Hall–Kier alpha value is -2.99. The fourth-order valence-electron chi connectivity index (χ4n) is 4.68. The second-order valence-electron chi connectivity index (χ2n) is 9.03. The van der Waals surface area contributed by atoms with E-state index in [9.17, 15) is 9.50 Å². The van der Waals surface area contributed by atoms with Crippen molar-refractivity contribution < 1.29 is 18.6 Å². The number of fused-ring (bicyclic) bond motifs is 1. The third-order valence-corrected chi connectivity index (χ3v) is 6.68. The van der Waals surface area contributed by atoms with Gasteiger partial charge >= 0.3 is 0 Å². The van der Waals surface area contributed by atoms with Gasteiger partial charge in [0.1, 0.15) is 23.0 Å². The molecule has 0 fully saturated rings. The molecule has 0 radical (unpaired) electrons. The van der Waals surface area contributed by atoms with E-state index in [1.54, 1.807) is 19.2 Å². The van der Waals surface area contributed by atoms with Gasteiger partial charge < -0.3 is 14.7 Å². The largest absolute Gasteiger partial charge is 0.496 e. The summed E-state index contributed by atoms with van der Waals surface area (Å²) in [6, 6.07) is 22.2. The van der Waals surface area contributed by atoms with Crippen molar-refractivity contribution >= 4 is 22.4 Å². The number of rotatable bonds is 8. The summed E-state index contributed by atoms with van der Waals surface area (Å²) >= 11 is 6.18. The number of hydrogen-bond acceptors (Lipinski definition) is 3. The SMILES string of the molecule is COc1cc2ccccc2cc1[C@@H](c1ccc(Cl)cc1)[C@](O)(CCN(C)C)c1ccc(F)cc1F. The standard InChI is InChI=1S/C29H28ClF2NO2/c1-33(2)15-14-29(34,25-13-12-23(31)18-26(25)32)28(19-8-10-22(30)11-9-19)24-16-20-6-4-5-7-21(20)17-27(24)35-3/h4-13,16-18,28,34H,14-15H2,1-3H3/t28-,29+/m1/s1. The van der Waals surface area contributed by atoms with Gasteiger partial charge in [0.2, 0.25) is 0 Å². The van der Waals surface area contributed by atoms with Gasteiger partial charge in [0.05, 0.1) is 7.11 Å². The Labute approximate surface area is 209 Å². The summed E-state index contributed by atoms with van der Waals surface area (Å²) in [7, 11) is 5.34. The van der Waals surface area contributed by atoms with Gasteiger partial charge in [-0.25, -0.2) is 8.78 Å². The molecule has 0 amide bonds. The molecule has 0 spiro atoms. The van der Waals surface area contributed by atoms with Gasteiger partial charge in [0.25, 0.3) is 0 Å². The molecule has 35 heavy (non-hydrogen) atoms. The first-order valence-corrected chi connectivity index (χ1v) is 11.8. The molecule has 1 N–H and O–H groups in total. The Kier molecular flexibility index (Phi) is 7.41. The lowest BCUT2D eigenvalue weighted by Crippen LogP contribution is -2.38. The summed E-state index contributed by atoms with van der Waals surface area (Å²) in [5.74, 6) is -1.67. The van der Waals surface area contributed by atoms with Crippen molar-refractivity contribution in [2.24, 2.45) is 0 Å². The molecule has 0 aromatic heterocycles. The topological polar surface area (TPSA) is 32.7 Å². The average molecular weight is 496 g/mol. The van der Waals surface area contributed by atoms with Crippen LogP contribution in [0.1, 0.15) is 29.0 Å². The number of hydrogen-bond donors (Lipinski definition) is 1. The monoisotopic (exact) mass is 495 g/mol. The van der Waals surface area contributed by atoms with E-state index in [-0.39, 0.29) is 12.0 Å². The maximum Gasteiger partial charge on any atom is 0.132 e. The Morgan fingerprint density at radius 1 is 0.943 bits per heavy atom. The van der Waals surface area contributed by atoms with Crippen LogP contribution < -0.4 is 4.74 Å². The predicted octanol–water partition coefficient (Wildman–Crippen LogP) is 6.75. The molecule has 0 aliphatic heterocycles. The third kappa shape index (κ3) is 5.18. The Morgan fingerprint density at radius 2 is 1.60 bits per heavy atom. The van der Waals surface area contributed by atoms with E-state index >= 15 is 4.39 Å². The van der Waals surface area contributed by atoms with Crippen LogP contribution in [0.15, 0.2) is 78.9 Å². The summed E-state index contributed by atoms with van der Waals surface area (Å²) in [4.78, 5) is 1.92. The minimum absolute atomic E-state index is 0.0240. The molecule has 4 aromatic rings. The second-order valence-corrected chi connectivity index (χ2v) is 9.46. The highest BCUT2D eigenvalue weighted by Gasteiger charge is 2.43. The van der Waals surface area contributed by atoms with Crippen LogP contribution in [0.3, 0.4) is 0 Å². The normalized spacial score (nSPS) is 14.2. The molecule has 3 nitrogen and oxygen atoms in total. The van der Waals surface area contributed by atoms with Crippen molar-refractivity contribution in [3.8, 4) is 5.75 Å². The molecule has 4 rings (SSSR count). The van der Waals surface area contributed by atoms with E-state index in [1.165, 1.54) is 12.1 Å². The molecular formula is C29H28ClF2NO2. The molecule has 6 heteroatoms. The van der Waals surface area contributed by atoms with Gasteiger partial charge in [0, 0.05) is 34.7 Å². The van der Waals surface area contributed by atoms with E-state index in [2.05, 4.69) is 0 Å². The van der Waals surface area contributed by atoms with Gasteiger partial charge in [-0.2, -0.15) is 0 Å². The Morgan fingerprint density at radius 3 is 2.20 bits per heavy atom. The fourth-order valence-corrected chi connectivity index (χ4v) is 4.80. The lowest BCUT2D eigenvalue weighted by Gasteiger charge is -2.39. The van der Waals surface area contributed by atoms with E-state index < -0.39 is 23.2 Å². The van der Waals surface area contributed by atoms with Crippen molar-refractivity contribution in [3.63, 3.8) is 0 Å². The smallest absolute Gasteiger partial charge is 0.132 e. The molecule has 182 valence electrons. The molecule has 0 bridgehead atoms. The van der Waals surface area contributed by atoms with Crippen LogP contribution in [-0.4, -0.2) is 37.8 Å². The minimum atomic E-state index is -1.73. The van der Waals surface area contributed by atoms with Crippen molar-refractivity contribution in [2.45, 2.75) is 17.9 Å². The van der Waals surface area contributed by atoms with E-state index in [0.717, 1.165) is 22.4 Å². The minimum Gasteiger partial charge on any atom is -0.496 e. The van der Waals surface area contributed by atoms with E-state index in [0.29, 0.717) is 22.9 Å². The number of nitrogens with zero attached hydrogens (tertiary/aromatic N) is 1. The van der Waals surface area contributed by atoms with Crippen LogP contribution in [-0.2, 0) is 5.60 Å². The van der Waals surface area contributed by atoms with Crippen molar-refractivity contribution in [1.82, 2.24) is 4.90 Å². The molecular weight excluding hydrogens is 468 g/mol. The summed E-state index contributed by atoms with van der Waals surface area (Å²) < 4.78 is 34.9. The van der Waals surface area contributed by atoms with Gasteiger partial charge in [-0.15, -0.1) is 0 Å². The summed E-state index contributed by atoms with van der Waals surface area (Å²) in [5, 5.41) is 14.9. The molecule has 4 aromatic carbocycles. The third-order valence-electron chi connectivity index (χ3n) is 6.43. The molecule has 0 heterocycles. The van der Waals surface area contributed by atoms with Gasteiger partial charge in [-0.3, -0.25) is 0 Å². The predicted molar refractivity (Wildman–Crippen MR) is 137 cm³/mol. The first-order chi connectivity index (χ1) is 16.7. The van der Waals surface area contributed by atoms with Gasteiger partial charge in [-0.05, 0) is 67.2 Å². The Balaban J connectivity index is 2.04. The summed E-state index contributed by atoms with van der Waals surface area (Å²) in [6.45, 7) is 0.466. The van der Waals surface area contributed by atoms with Gasteiger partial charge in [0.15, 0.2) is 0 Å². The zero-order valence-electron chi connectivity index (χ0n) is 19.9. The number of ether oxygens (including phenoxy) is 1. The van der Waals surface area contributed by atoms with E-state index in [4.69, 9.17) is 16.3 Å². The lowest BCUT2D eigenvalue weighted by molar-refractivity contribution is 0.000696. The average Bonchev–Trinajstić information content (AvgIpc) is 2.83. The first-order valence-electron chi connectivity index (χ1n) is 11.4. The van der Waals surface area contributed by atoms with Crippen molar-refractivity contribution in [3.05, 3.63) is 112 Å². The molecule has 0 saturated heterocycles. The van der Waals surface area contributed by atoms with Crippen LogP contribution >= 0.6 is 11.6 Å². The number of methoxy groups -OCH3 is 1. The summed E-state index contributed by atoms with van der Waals surface area (Å²) in [6.07, 6.45) is 0.186. The van der Waals surface area contributed by atoms with Crippen LogP contribution in [0, 0.1) is 11.6 Å². The zero-order chi connectivity index (χ0) is 25.2. The Bertz CT molecular complexity index is 1330. The second kappa shape index (κ2) is 10.3. The van der Waals surface area contributed by atoms with Crippen molar-refractivity contribution in [1.29, 1.82) is 0 Å². The molecule has 2 atom stereocenters. The maximum atomic E-state index is 15.3. The van der Waals surface area contributed by atoms with Crippen molar-refractivity contribution in [2.75, 3.05) is 27.7 Å². The van der Waals surface area contributed by atoms with Crippen LogP contribution in [0.4, 0.5) is 8.78 Å². The zero-order valence-corrected chi connectivity index (χ0v) is 20.7. The lowest BCUT2D eigenvalue weighted by atomic mass is 9.71. The molecule has 0 unspecified atom stereocenters.